The van der Waals surface area contributed by atoms with Gasteiger partial charge < -0.3 is 0 Å². The van der Waals surface area contributed by atoms with Crippen molar-refractivity contribution >= 4 is 61.7 Å². The summed E-state index contributed by atoms with van der Waals surface area (Å²) in [6.45, 7) is -2.61. The van der Waals surface area contributed by atoms with E-state index in [-0.39, 0.29) is 0 Å². The Balaban J connectivity index is 1.45. The predicted octanol–water partition coefficient (Wildman–Crippen LogP) is 7.22. The highest BCUT2D eigenvalue weighted by atomic mass is 31.2. The Hall–Kier alpha value is -5.18. The average Bonchev–Trinajstić information content (AvgIpc) is 3.08. The molecule has 0 saturated carbocycles. The molecule has 0 aliphatic carbocycles. The molecule has 4 heterocycles. The normalized spacial score (nSPS) is 11.9. The summed E-state index contributed by atoms with van der Waals surface area (Å²) in [4.78, 5) is 19.7. The average molecular weight is 557 g/mol. The number of hydrogen-bond acceptors (Lipinski definition) is 4. The minimum absolute atomic E-state index is 0.819. The molecule has 4 nitrogen and oxygen atoms in total. The quantitative estimate of drug-likeness (QED) is 0.166. The lowest BCUT2D eigenvalue weighted by molar-refractivity contribution is 1.26. The van der Waals surface area contributed by atoms with Gasteiger partial charge >= 0.3 is 0 Å². The number of aromatic nitrogens is 4. The molecule has 8 aromatic rings. The molecule has 5 heteroatoms. The predicted molar refractivity (Wildman–Crippen MR) is 178 cm³/mol. The van der Waals surface area contributed by atoms with E-state index in [4.69, 9.17) is 16.3 Å². The van der Waals surface area contributed by atoms with Crippen LogP contribution < -0.4 is 16.2 Å². The molecule has 0 unspecified atom stereocenters. The van der Waals surface area contributed by atoms with Crippen molar-refractivity contribution in [2.45, 2.75) is 0 Å². The van der Waals surface area contributed by atoms with Gasteiger partial charge in [0.05, 0.1) is 33.6 Å². The summed E-state index contributed by atoms with van der Waals surface area (Å²) < 4.78 is 0. The zero-order chi connectivity index (χ0) is 28.1. The van der Waals surface area contributed by atoms with Gasteiger partial charge in [-0.2, -0.15) is 0 Å². The highest BCUT2D eigenvalue weighted by Gasteiger charge is 2.29. The van der Waals surface area contributed by atoms with Crippen LogP contribution in [0.3, 0.4) is 0 Å². The molecule has 0 aliphatic rings. The zero-order valence-electron chi connectivity index (χ0n) is 22.7. The maximum absolute atomic E-state index is 5.25. The van der Waals surface area contributed by atoms with Gasteiger partial charge in [-0.05, 0) is 86.2 Å². The lowest BCUT2D eigenvalue weighted by atomic mass is 9.94. The van der Waals surface area contributed by atoms with Gasteiger partial charge in [0, 0.05) is 19.3 Å². The topological polar surface area (TPSA) is 51.6 Å². The molecule has 0 aliphatic heterocycles. The second-order valence-corrected chi connectivity index (χ2v) is 13.5. The second-order valence-electron chi connectivity index (χ2n) is 10.4. The van der Waals surface area contributed by atoms with E-state index in [1.165, 1.54) is 32.3 Å². The van der Waals surface area contributed by atoms with E-state index in [9.17, 15) is 0 Å². The molecule has 4 aromatic carbocycles. The summed E-state index contributed by atoms with van der Waals surface area (Å²) in [5, 5.41) is 8.58. The summed E-state index contributed by atoms with van der Waals surface area (Å²) in [6, 6.07) is 44.0. The first kappa shape index (κ1) is 24.6. The van der Waals surface area contributed by atoms with Gasteiger partial charge in [0.15, 0.2) is 0 Å². The molecule has 0 amide bonds. The van der Waals surface area contributed by atoms with E-state index in [2.05, 4.69) is 88.8 Å². The first-order valence-electron chi connectivity index (χ1n) is 13.9. The first-order valence-corrected chi connectivity index (χ1v) is 15.9. The third-order valence-corrected chi connectivity index (χ3v) is 11.3. The fraction of sp³-hybridized carbons (Fsp3) is 0. The molecule has 0 fully saturated rings. The lowest BCUT2D eigenvalue weighted by Crippen LogP contribution is -2.30. The van der Waals surface area contributed by atoms with E-state index in [1.54, 1.807) is 12.4 Å². The van der Waals surface area contributed by atoms with Crippen LogP contribution in [0.5, 0.6) is 0 Å². The van der Waals surface area contributed by atoms with Crippen LogP contribution in [-0.4, -0.2) is 26.2 Å². The number of hydrogen-bond donors (Lipinski definition) is 0. The second kappa shape index (κ2) is 9.73. The van der Waals surface area contributed by atoms with Crippen LogP contribution in [0, 0.1) is 0 Å². The Bertz CT molecular complexity index is 2180. The van der Waals surface area contributed by atoms with Gasteiger partial charge in [0.25, 0.3) is 0 Å². The minimum Gasteiger partial charge on any atom is -0.255 e. The molecular weight excluding hydrogens is 531 g/mol. The van der Waals surface area contributed by atoms with Crippen molar-refractivity contribution in [1.82, 2.24) is 19.9 Å². The Morgan fingerprint density at radius 2 is 0.929 bits per heavy atom. The molecule has 198 valence electrons. The van der Waals surface area contributed by atoms with Crippen LogP contribution in [0.25, 0.3) is 55.1 Å². The van der Waals surface area contributed by atoms with Gasteiger partial charge in [-0.3, -0.25) is 9.97 Å². The van der Waals surface area contributed by atoms with E-state index < -0.39 is 6.89 Å². The molecular formula is C37H25N4P. The molecule has 0 radical (unpaired) electrons. The van der Waals surface area contributed by atoms with Gasteiger partial charge in [0.2, 0.25) is 0 Å². The van der Waals surface area contributed by atoms with Gasteiger partial charge in [0.1, 0.15) is 0 Å². The highest BCUT2D eigenvalue weighted by Crippen LogP contribution is 2.45. The molecule has 0 saturated heterocycles. The lowest BCUT2D eigenvalue weighted by Gasteiger charge is -2.27. The minimum atomic E-state index is -2.61. The molecule has 4 aromatic heterocycles. The van der Waals surface area contributed by atoms with E-state index >= 15 is 0 Å². The summed E-state index contributed by atoms with van der Waals surface area (Å²) in [6.07, 6.45) is 8.68. The van der Waals surface area contributed by atoms with Gasteiger partial charge in [-0.15, -0.1) is 0 Å². The highest BCUT2D eigenvalue weighted by molar-refractivity contribution is 7.93. The number of rotatable bonds is 5. The molecule has 8 rings (SSSR count). The Morgan fingerprint density at radius 1 is 0.429 bits per heavy atom. The number of benzene rings is 4. The number of pyridine rings is 4. The fourth-order valence-corrected chi connectivity index (χ4v) is 8.90. The van der Waals surface area contributed by atoms with Gasteiger partial charge in [-0.1, -0.05) is 85.2 Å². The van der Waals surface area contributed by atoms with Crippen molar-refractivity contribution < 1.29 is 0 Å². The summed E-state index contributed by atoms with van der Waals surface area (Å²) in [5.41, 5.74) is 5.12. The van der Waals surface area contributed by atoms with Crippen molar-refractivity contribution in [2.75, 3.05) is 0 Å². The van der Waals surface area contributed by atoms with Crippen LogP contribution in [0.15, 0.2) is 140 Å². The molecule has 0 bridgehead atoms. The molecule has 42 heavy (non-hydrogen) atoms. The van der Waals surface area contributed by atoms with Gasteiger partial charge in [-0.25, -0.2) is 9.97 Å². The van der Waals surface area contributed by atoms with E-state index in [0.717, 1.165) is 39.0 Å². The third kappa shape index (κ3) is 3.84. The largest absolute Gasteiger partial charge is 0.255 e. The Labute approximate surface area is 243 Å². The molecule has 0 spiro atoms. The van der Waals surface area contributed by atoms with E-state index in [1.807, 2.05) is 48.5 Å². The number of nitrogens with zero attached hydrogens (tertiary/aromatic N) is 4. The Morgan fingerprint density at radius 3 is 1.50 bits per heavy atom. The maximum atomic E-state index is 5.25. The smallest absolute Gasteiger partial charge is 0.0894 e. The van der Waals surface area contributed by atoms with Crippen molar-refractivity contribution in [3.8, 4) is 22.8 Å². The SMILES string of the molecule is C=P(c1cccc(-c2ccccn2)n1)(c1cccc(-c2ccccn2)n1)c1ccc2ccc3cccc4ccc1c2c34. The van der Waals surface area contributed by atoms with Crippen molar-refractivity contribution in [2.24, 2.45) is 0 Å². The van der Waals surface area contributed by atoms with Crippen LogP contribution in [0.1, 0.15) is 0 Å². The summed E-state index contributed by atoms with van der Waals surface area (Å²) >= 11 is 0. The zero-order valence-corrected chi connectivity index (χ0v) is 23.6. The van der Waals surface area contributed by atoms with E-state index in [0.29, 0.717) is 0 Å². The molecule has 0 atom stereocenters. The first-order chi connectivity index (χ1) is 20.7. The standard InChI is InChI=1S/C37H25N4P/c1-42(34-15-7-13-31(40-34)29-11-2-4-23-38-29,35-16-8-14-32(41-35)30-12-3-5-24-39-30)33-22-20-27-18-17-25-9-6-10-26-19-21-28(33)37(27)36(25)26/h2-24H,1H2. The summed E-state index contributed by atoms with van der Waals surface area (Å²) in [5.74, 6) is 0. The van der Waals surface area contributed by atoms with Crippen molar-refractivity contribution in [3.05, 3.63) is 140 Å². The van der Waals surface area contributed by atoms with Crippen molar-refractivity contribution in [1.29, 1.82) is 0 Å². The van der Waals surface area contributed by atoms with Crippen LogP contribution in [0.4, 0.5) is 0 Å². The third-order valence-electron chi connectivity index (χ3n) is 8.02. The Kier molecular flexibility index (Phi) is 5.70. The van der Waals surface area contributed by atoms with Crippen LogP contribution in [0.2, 0.25) is 0 Å². The fourth-order valence-electron chi connectivity index (χ4n) is 6.00. The molecule has 0 N–H and O–H groups in total. The maximum Gasteiger partial charge on any atom is 0.0894 e. The van der Waals surface area contributed by atoms with Crippen molar-refractivity contribution in [3.63, 3.8) is 0 Å². The van der Waals surface area contributed by atoms with Crippen LogP contribution in [-0.2, 0) is 0 Å². The van der Waals surface area contributed by atoms with Crippen LogP contribution >= 0.6 is 6.89 Å². The monoisotopic (exact) mass is 556 g/mol. The summed E-state index contributed by atoms with van der Waals surface area (Å²) in [7, 11) is 0.